The lowest BCUT2D eigenvalue weighted by Crippen LogP contribution is -2.40. The maximum Gasteiger partial charge on any atom is 0.0300 e. The first kappa shape index (κ1) is 11.2. The number of hydrogen-bond donors (Lipinski definition) is 1. The standard InChI is InChI=1S/C14H21N3/c1-3-12(9-15-6-1)5-8-17-10-13-4-2-7-16-14(13)11-17/h1,3,6,9,13-14,16H,2,4-5,7-8,10-11H2. The number of rotatable bonds is 3. The first-order valence-corrected chi connectivity index (χ1v) is 6.76. The summed E-state index contributed by atoms with van der Waals surface area (Å²) in [5.41, 5.74) is 1.36. The highest BCUT2D eigenvalue weighted by Crippen LogP contribution is 2.24. The van der Waals surface area contributed by atoms with Crippen LogP contribution in [0.2, 0.25) is 0 Å². The summed E-state index contributed by atoms with van der Waals surface area (Å²) in [6.07, 6.45) is 7.74. The third kappa shape index (κ3) is 2.67. The molecule has 3 rings (SSSR count). The van der Waals surface area contributed by atoms with Crippen molar-refractivity contribution >= 4 is 0 Å². The molecule has 0 bridgehead atoms. The van der Waals surface area contributed by atoms with Gasteiger partial charge in [-0.05, 0) is 43.4 Å². The van der Waals surface area contributed by atoms with E-state index in [0.717, 1.165) is 18.4 Å². The third-order valence-corrected chi connectivity index (χ3v) is 4.11. The first-order valence-electron chi connectivity index (χ1n) is 6.76. The minimum Gasteiger partial charge on any atom is -0.312 e. The van der Waals surface area contributed by atoms with Gasteiger partial charge in [-0.2, -0.15) is 0 Å². The van der Waals surface area contributed by atoms with Crippen LogP contribution >= 0.6 is 0 Å². The Morgan fingerprint density at radius 2 is 2.41 bits per heavy atom. The Hall–Kier alpha value is -0.930. The van der Waals surface area contributed by atoms with Crippen LogP contribution in [0, 0.1) is 5.92 Å². The van der Waals surface area contributed by atoms with Crippen LogP contribution in [0.25, 0.3) is 0 Å². The molecule has 2 fully saturated rings. The Labute approximate surface area is 103 Å². The summed E-state index contributed by atoms with van der Waals surface area (Å²) in [6, 6.07) is 4.97. The van der Waals surface area contributed by atoms with E-state index in [0.29, 0.717) is 0 Å². The normalized spacial score (nSPS) is 29.2. The van der Waals surface area contributed by atoms with Gasteiger partial charge in [0.15, 0.2) is 0 Å². The van der Waals surface area contributed by atoms with Crippen LogP contribution < -0.4 is 5.32 Å². The van der Waals surface area contributed by atoms with E-state index in [1.54, 1.807) is 0 Å². The van der Waals surface area contributed by atoms with Gasteiger partial charge < -0.3 is 10.2 Å². The molecular formula is C14H21N3. The quantitative estimate of drug-likeness (QED) is 0.850. The molecule has 2 aliphatic rings. The number of pyridine rings is 1. The first-order chi connectivity index (χ1) is 8.42. The summed E-state index contributed by atoms with van der Waals surface area (Å²) in [5.74, 6) is 0.901. The molecule has 3 heteroatoms. The zero-order valence-corrected chi connectivity index (χ0v) is 10.3. The van der Waals surface area contributed by atoms with Crippen molar-refractivity contribution in [3.05, 3.63) is 30.1 Å². The fourth-order valence-electron chi connectivity index (χ4n) is 3.15. The van der Waals surface area contributed by atoms with Crippen LogP contribution in [0.3, 0.4) is 0 Å². The molecule has 0 aromatic carbocycles. The van der Waals surface area contributed by atoms with Crippen LogP contribution in [0.5, 0.6) is 0 Å². The van der Waals surface area contributed by atoms with E-state index in [-0.39, 0.29) is 0 Å². The van der Waals surface area contributed by atoms with Gasteiger partial charge in [-0.3, -0.25) is 4.98 Å². The van der Waals surface area contributed by atoms with E-state index in [2.05, 4.69) is 21.3 Å². The second kappa shape index (κ2) is 5.15. The third-order valence-electron chi connectivity index (χ3n) is 4.11. The van der Waals surface area contributed by atoms with Crippen molar-refractivity contribution in [2.75, 3.05) is 26.2 Å². The average molecular weight is 231 g/mol. The Morgan fingerprint density at radius 3 is 3.24 bits per heavy atom. The van der Waals surface area contributed by atoms with E-state index >= 15 is 0 Å². The Bertz CT molecular complexity index is 338. The van der Waals surface area contributed by atoms with E-state index in [1.165, 1.54) is 44.6 Å². The van der Waals surface area contributed by atoms with Crippen molar-refractivity contribution in [2.24, 2.45) is 5.92 Å². The minimum atomic E-state index is 0.762. The van der Waals surface area contributed by atoms with Gasteiger partial charge >= 0.3 is 0 Å². The van der Waals surface area contributed by atoms with Gasteiger partial charge in [0.05, 0.1) is 0 Å². The van der Waals surface area contributed by atoms with Gasteiger partial charge in [-0.25, -0.2) is 0 Å². The molecule has 1 aromatic heterocycles. The van der Waals surface area contributed by atoms with Crippen LogP contribution in [-0.4, -0.2) is 42.1 Å². The zero-order chi connectivity index (χ0) is 11.5. The lowest BCUT2D eigenvalue weighted by molar-refractivity contribution is 0.322. The molecule has 2 atom stereocenters. The maximum absolute atomic E-state index is 4.17. The van der Waals surface area contributed by atoms with Gasteiger partial charge in [0.2, 0.25) is 0 Å². The summed E-state index contributed by atoms with van der Waals surface area (Å²) < 4.78 is 0. The zero-order valence-electron chi connectivity index (χ0n) is 10.3. The molecule has 0 radical (unpaired) electrons. The average Bonchev–Trinajstić information content (AvgIpc) is 2.80. The van der Waals surface area contributed by atoms with Crippen LogP contribution in [0.15, 0.2) is 24.5 Å². The molecule has 0 amide bonds. The highest BCUT2D eigenvalue weighted by Gasteiger charge is 2.33. The molecule has 0 saturated carbocycles. The van der Waals surface area contributed by atoms with E-state index in [4.69, 9.17) is 0 Å². The molecule has 2 aliphatic heterocycles. The van der Waals surface area contributed by atoms with Crippen LogP contribution in [0.4, 0.5) is 0 Å². The fraction of sp³-hybridized carbons (Fsp3) is 0.643. The van der Waals surface area contributed by atoms with E-state index in [9.17, 15) is 0 Å². The smallest absolute Gasteiger partial charge is 0.0300 e. The maximum atomic E-state index is 4.17. The number of aromatic nitrogens is 1. The van der Waals surface area contributed by atoms with Crippen molar-refractivity contribution < 1.29 is 0 Å². The Morgan fingerprint density at radius 1 is 1.41 bits per heavy atom. The molecule has 92 valence electrons. The molecule has 2 unspecified atom stereocenters. The summed E-state index contributed by atoms with van der Waals surface area (Å²) in [6.45, 7) is 4.93. The molecule has 1 N–H and O–H groups in total. The van der Waals surface area contributed by atoms with Crippen molar-refractivity contribution in [1.29, 1.82) is 0 Å². The molecular weight excluding hydrogens is 210 g/mol. The van der Waals surface area contributed by atoms with Gasteiger partial charge in [0.25, 0.3) is 0 Å². The van der Waals surface area contributed by atoms with Gasteiger partial charge in [0, 0.05) is 38.1 Å². The molecule has 3 heterocycles. The summed E-state index contributed by atoms with van der Waals surface area (Å²) in [5, 5.41) is 3.66. The molecule has 17 heavy (non-hydrogen) atoms. The molecule has 0 spiro atoms. The number of nitrogens with one attached hydrogen (secondary N) is 1. The van der Waals surface area contributed by atoms with Crippen molar-refractivity contribution in [2.45, 2.75) is 25.3 Å². The SMILES string of the molecule is c1cncc(CCN2CC3CCCNC3C2)c1. The second-order valence-electron chi connectivity index (χ2n) is 5.33. The predicted molar refractivity (Wildman–Crippen MR) is 68.9 cm³/mol. The molecule has 0 aliphatic carbocycles. The monoisotopic (exact) mass is 231 g/mol. The summed E-state index contributed by atoms with van der Waals surface area (Å²) in [7, 11) is 0. The predicted octanol–water partition coefficient (Wildman–Crippen LogP) is 1.31. The van der Waals surface area contributed by atoms with Crippen molar-refractivity contribution in [1.82, 2.24) is 15.2 Å². The highest BCUT2D eigenvalue weighted by molar-refractivity contribution is 5.09. The van der Waals surface area contributed by atoms with Crippen LogP contribution in [-0.2, 0) is 6.42 Å². The second-order valence-corrected chi connectivity index (χ2v) is 5.33. The highest BCUT2D eigenvalue weighted by atomic mass is 15.2. The van der Waals surface area contributed by atoms with Crippen molar-refractivity contribution in [3.8, 4) is 0 Å². The minimum absolute atomic E-state index is 0.762. The summed E-state index contributed by atoms with van der Waals surface area (Å²) in [4.78, 5) is 6.78. The number of hydrogen-bond acceptors (Lipinski definition) is 3. The van der Waals surface area contributed by atoms with E-state index in [1.807, 2.05) is 18.5 Å². The number of nitrogens with zero attached hydrogens (tertiary/aromatic N) is 2. The topological polar surface area (TPSA) is 28.2 Å². The number of piperidine rings is 1. The largest absolute Gasteiger partial charge is 0.312 e. The van der Waals surface area contributed by atoms with Crippen molar-refractivity contribution in [3.63, 3.8) is 0 Å². The van der Waals surface area contributed by atoms with Gasteiger partial charge in [0.1, 0.15) is 0 Å². The fourth-order valence-corrected chi connectivity index (χ4v) is 3.15. The lowest BCUT2D eigenvalue weighted by atomic mass is 9.94. The number of likely N-dealkylation sites (tertiary alicyclic amines) is 1. The lowest BCUT2D eigenvalue weighted by Gasteiger charge is -2.24. The number of fused-ring (bicyclic) bond motifs is 1. The van der Waals surface area contributed by atoms with Gasteiger partial charge in [-0.1, -0.05) is 6.07 Å². The van der Waals surface area contributed by atoms with Crippen LogP contribution in [0.1, 0.15) is 18.4 Å². The molecule has 2 saturated heterocycles. The Kier molecular flexibility index (Phi) is 3.39. The summed E-state index contributed by atoms with van der Waals surface area (Å²) >= 11 is 0. The molecule has 3 nitrogen and oxygen atoms in total. The van der Waals surface area contributed by atoms with Gasteiger partial charge in [-0.15, -0.1) is 0 Å². The Balaban J connectivity index is 1.50. The van der Waals surface area contributed by atoms with E-state index < -0.39 is 0 Å². The molecule has 1 aromatic rings.